The molecule has 0 saturated heterocycles. The van der Waals surface area contributed by atoms with Gasteiger partial charge in [0.2, 0.25) is 0 Å². The van der Waals surface area contributed by atoms with E-state index in [1.54, 1.807) is 12.3 Å². The topological polar surface area (TPSA) is 81.2 Å². The molecule has 0 amide bonds. The summed E-state index contributed by atoms with van der Waals surface area (Å²) in [5, 5.41) is 15.9. The zero-order valence-corrected chi connectivity index (χ0v) is 17.5. The summed E-state index contributed by atoms with van der Waals surface area (Å²) in [4.78, 5) is 12.5. The molecule has 156 valence electrons. The fourth-order valence-corrected chi connectivity index (χ4v) is 4.35. The first-order valence-electron chi connectivity index (χ1n) is 7.95. The van der Waals surface area contributed by atoms with E-state index in [0.717, 1.165) is 22.9 Å². The van der Waals surface area contributed by atoms with Crippen molar-refractivity contribution in [2.75, 3.05) is 0 Å². The molecule has 0 bridgehead atoms. The van der Waals surface area contributed by atoms with Gasteiger partial charge in [-0.05, 0) is 35.4 Å². The minimum atomic E-state index is -1.50. The highest BCUT2D eigenvalue weighted by Gasteiger charge is 2.17. The predicted molar refractivity (Wildman–Crippen MR) is 120 cm³/mol. The number of halogens is 3. The Morgan fingerprint density at radius 3 is 2.31 bits per heavy atom. The van der Waals surface area contributed by atoms with E-state index in [4.69, 9.17) is 50.1 Å². The Morgan fingerprint density at radius 2 is 1.76 bits per heavy atom. The highest BCUT2D eigenvalue weighted by atomic mass is 35.5. The Hall–Kier alpha value is -1.93. The molecule has 0 aliphatic rings. The normalized spacial score (nSPS) is 11.0. The second kappa shape index (κ2) is 12.6. The van der Waals surface area contributed by atoms with E-state index >= 15 is 0 Å². The monoisotopic (exact) mass is 475 g/mol. The Kier molecular flexibility index (Phi) is 10.9. The van der Waals surface area contributed by atoms with E-state index in [0.29, 0.717) is 10.0 Å². The average Bonchev–Trinajstić information content (AvgIpc) is 3.13. The second-order valence-corrected chi connectivity index (χ2v) is 8.06. The standard InChI is InChI=1S/C18H15Cl3N2S.CH4.HNO3/c19-14-3-1-13(2-4-14)11-24-18(10-23-8-7-22-12-23)16-6-5-15(20)9-17(16)21;;2-1(3)4/h1-9,12,18H,10-11H2;1H4;(H,2,3,4). The minimum Gasteiger partial charge on any atom is -0.336 e. The van der Waals surface area contributed by atoms with E-state index in [-0.39, 0.29) is 12.7 Å². The van der Waals surface area contributed by atoms with Gasteiger partial charge in [0, 0.05) is 45.0 Å². The third kappa shape index (κ3) is 8.95. The maximum absolute atomic E-state index is 8.36. The molecule has 1 atom stereocenters. The van der Waals surface area contributed by atoms with Gasteiger partial charge >= 0.3 is 0 Å². The van der Waals surface area contributed by atoms with Gasteiger partial charge in [-0.1, -0.05) is 60.4 Å². The predicted octanol–water partition coefficient (Wildman–Crippen LogP) is 6.81. The molecule has 1 unspecified atom stereocenters. The van der Waals surface area contributed by atoms with Crippen LogP contribution in [0.2, 0.25) is 15.1 Å². The molecule has 29 heavy (non-hydrogen) atoms. The fraction of sp³-hybridized carbons (Fsp3) is 0.211. The van der Waals surface area contributed by atoms with Crippen molar-refractivity contribution in [2.24, 2.45) is 0 Å². The molecule has 1 aromatic heterocycles. The van der Waals surface area contributed by atoms with Gasteiger partial charge in [0.15, 0.2) is 0 Å². The Labute approximate surface area is 188 Å². The lowest BCUT2D eigenvalue weighted by molar-refractivity contribution is -0.742. The third-order valence-electron chi connectivity index (χ3n) is 3.61. The summed E-state index contributed by atoms with van der Waals surface area (Å²) in [6.45, 7) is 0.791. The van der Waals surface area contributed by atoms with E-state index in [2.05, 4.69) is 9.55 Å². The number of aromatic nitrogens is 2. The molecule has 3 rings (SSSR count). The van der Waals surface area contributed by atoms with Crippen molar-refractivity contribution in [3.05, 3.63) is 97.5 Å². The van der Waals surface area contributed by atoms with Crippen molar-refractivity contribution >= 4 is 46.6 Å². The summed E-state index contributed by atoms with van der Waals surface area (Å²) in [7, 11) is 0. The first-order chi connectivity index (χ1) is 13.3. The molecule has 10 heteroatoms. The lowest BCUT2D eigenvalue weighted by atomic mass is 10.1. The van der Waals surface area contributed by atoms with Gasteiger partial charge in [-0.15, -0.1) is 21.9 Å². The maximum atomic E-state index is 8.36. The molecule has 1 N–H and O–H groups in total. The molecular weight excluding hydrogens is 457 g/mol. The van der Waals surface area contributed by atoms with Crippen molar-refractivity contribution in [1.29, 1.82) is 0 Å². The van der Waals surface area contributed by atoms with Crippen molar-refractivity contribution in [1.82, 2.24) is 9.55 Å². The zero-order valence-electron chi connectivity index (χ0n) is 14.4. The van der Waals surface area contributed by atoms with Crippen LogP contribution < -0.4 is 0 Å². The van der Waals surface area contributed by atoms with Gasteiger partial charge in [0.25, 0.3) is 5.09 Å². The summed E-state index contributed by atoms with van der Waals surface area (Å²) in [6, 6.07) is 13.6. The number of nitrogens with zero attached hydrogens (tertiary/aromatic N) is 3. The van der Waals surface area contributed by atoms with Crippen LogP contribution in [0.5, 0.6) is 0 Å². The summed E-state index contributed by atoms with van der Waals surface area (Å²) >= 11 is 20.2. The molecule has 0 radical (unpaired) electrons. The van der Waals surface area contributed by atoms with Crippen LogP contribution in [0.1, 0.15) is 23.8 Å². The Bertz CT molecular complexity index is 889. The third-order valence-corrected chi connectivity index (χ3v) is 5.73. The SMILES string of the molecule is C.Clc1ccc(CSC(Cn2ccnc2)c2ccc(Cl)cc2Cl)cc1.O=[N+]([O-])O. The van der Waals surface area contributed by atoms with Gasteiger partial charge < -0.3 is 9.77 Å². The van der Waals surface area contributed by atoms with Crippen LogP contribution in [0.25, 0.3) is 0 Å². The van der Waals surface area contributed by atoms with Crippen LogP contribution in [0.15, 0.2) is 61.2 Å². The molecule has 0 aliphatic carbocycles. The molecule has 3 aromatic rings. The summed E-state index contributed by atoms with van der Waals surface area (Å²) in [5.41, 5.74) is 2.30. The number of imidazole rings is 1. The molecule has 6 nitrogen and oxygen atoms in total. The summed E-state index contributed by atoms with van der Waals surface area (Å²) in [6.07, 6.45) is 5.56. The number of benzene rings is 2. The van der Waals surface area contributed by atoms with Crippen molar-refractivity contribution in [3.8, 4) is 0 Å². The molecule has 1 heterocycles. The maximum Gasteiger partial charge on any atom is 0.291 e. The van der Waals surface area contributed by atoms with Crippen LogP contribution in [-0.4, -0.2) is 19.8 Å². The number of rotatable bonds is 6. The van der Waals surface area contributed by atoms with E-state index < -0.39 is 5.09 Å². The van der Waals surface area contributed by atoms with E-state index in [9.17, 15) is 0 Å². The van der Waals surface area contributed by atoms with Crippen LogP contribution >= 0.6 is 46.6 Å². The smallest absolute Gasteiger partial charge is 0.291 e. The van der Waals surface area contributed by atoms with Gasteiger partial charge in [0.05, 0.1) is 6.33 Å². The molecule has 0 spiro atoms. The van der Waals surface area contributed by atoms with Crippen LogP contribution in [-0.2, 0) is 12.3 Å². The van der Waals surface area contributed by atoms with Gasteiger partial charge in [-0.25, -0.2) is 4.98 Å². The molecule has 0 fully saturated rings. The van der Waals surface area contributed by atoms with Crippen molar-refractivity contribution < 1.29 is 10.3 Å². The first kappa shape index (κ1) is 25.1. The molecule has 0 aliphatic heterocycles. The van der Waals surface area contributed by atoms with Crippen LogP contribution in [0.3, 0.4) is 0 Å². The highest BCUT2D eigenvalue weighted by molar-refractivity contribution is 7.98. The lowest BCUT2D eigenvalue weighted by Gasteiger charge is -2.19. The van der Waals surface area contributed by atoms with Crippen LogP contribution in [0.4, 0.5) is 0 Å². The van der Waals surface area contributed by atoms with E-state index in [1.807, 2.05) is 60.7 Å². The Morgan fingerprint density at radius 1 is 1.14 bits per heavy atom. The van der Waals surface area contributed by atoms with Gasteiger partial charge in [-0.3, -0.25) is 0 Å². The number of hydrogen-bond donors (Lipinski definition) is 1. The first-order valence-corrected chi connectivity index (χ1v) is 10.1. The lowest BCUT2D eigenvalue weighted by Crippen LogP contribution is -2.06. The molecule has 2 aromatic carbocycles. The van der Waals surface area contributed by atoms with Crippen molar-refractivity contribution in [2.45, 2.75) is 25.0 Å². The Balaban J connectivity index is 0.000000771. The van der Waals surface area contributed by atoms with E-state index in [1.165, 1.54) is 5.56 Å². The molecular formula is C19H20Cl3N3O3S. The molecule has 0 saturated carbocycles. The average molecular weight is 477 g/mol. The minimum absolute atomic E-state index is 0. The summed E-state index contributed by atoms with van der Waals surface area (Å²) < 4.78 is 2.06. The van der Waals surface area contributed by atoms with Gasteiger partial charge in [0.1, 0.15) is 0 Å². The largest absolute Gasteiger partial charge is 0.336 e. The van der Waals surface area contributed by atoms with Gasteiger partial charge in [-0.2, -0.15) is 0 Å². The number of hydrogen-bond acceptors (Lipinski definition) is 4. The fourth-order valence-electron chi connectivity index (χ4n) is 2.37. The quantitative estimate of drug-likeness (QED) is 0.312. The summed E-state index contributed by atoms with van der Waals surface area (Å²) in [5.74, 6) is 0.871. The highest BCUT2D eigenvalue weighted by Crippen LogP contribution is 2.38. The number of thioether (sulfide) groups is 1. The van der Waals surface area contributed by atoms with Crippen LogP contribution in [0, 0.1) is 10.1 Å². The zero-order chi connectivity index (χ0) is 20.5. The second-order valence-electron chi connectivity index (χ2n) is 5.59. The van der Waals surface area contributed by atoms with Crippen molar-refractivity contribution in [3.63, 3.8) is 0 Å².